The third-order valence-corrected chi connectivity index (χ3v) is 5.84. The number of thioether (sulfide) groups is 1. The molecule has 0 aliphatic carbocycles. The van der Waals surface area contributed by atoms with Crippen molar-refractivity contribution in [2.24, 2.45) is 4.99 Å². The van der Waals surface area contributed by atoms with Crippen LogP contribution < -0.4 is 4.74 Å². The van der Waals surface area contributed by atoms with Gasteiger partial charge in [-0.05, 0) is 51.8 Å². The third kappa shape index (κ3) is 4.50. The number of nitrogens with zero attached hydrogens (tertiary/aromatic N) is 2. The lowest BCUT2D eigenvalue weighted by atomic mass is 9.94. The maximum atomic E-state index is 12.9. The molecule has 3 rings (SSSR count). The zero-order valence-corrected chi connectivity index (χ0v) is 18.4. The summed E-state index contributed by atoms with van der Waals surface area (Å²) in [5.41, 5.74) is 1.83. The van der Waals surface area contributed by atoms with E-state index < -0.39 is 12.0 Å². The number of benzene rings is 1. The Morgan fingerprint density at radius 1 is 1.28 bits per heavy atom. The van der Waals surface area contributed by atoms with Gasteiger partial charge in [0.15, 0.2) is 5.17 Å². The van der Waals surface area contributed by atoms with Crippen molar-refractivity contribution < 1.29 is 19.1 Å². The van der Waals surface area contributed by atoms with E-state index in [4.69, 9.17) is 9.47 Å². The number of rotatable bonds is 7. The largest absolute Gasteiger partial charge is 0.494 e. The SMILES string of the molecule is CCCCOc1ccc(C2C(C(=O)OC(C)C)=C(C)N=C3SC(C)C(=O)N32)cc1. The van der Waals surface area contributed by atoms with Crippen molar-refractivity contribution in [2.75, 3.05) is 6.61 Å². The minimum Gasteiger partial charge on any atom is -0.494 e. The molecule has 0 spiro atoms. The normalized spacial score (nSPS) is 21.4. The number of amides is 1. The lowest BCUT2D eigenvalue weighted by molar-refractivity contribution is -0.143. The van der Waals surface area contributed by atoms with Crippen LogP contribution in [0.4, 0.5) is 0 Å². The van der Waals surface area contributed by atoms with E-state index in [0.717, 1.165) is 24.2 Å². The number of hydrogen-bond donors (Lipinski definition) is 0. The first kappa shape index (κ1) is 21.4. The van der Waals surface area contributed by atoms with Gasteiger partial charge in [0.2, 0.25) is 5.91 Å². The van der Waals surface area contributed by atoms with Gasteiger partial charge in [0, 0.05) is 0 Å². The Bertz CT molecular complexity index is 845. The molecular weight excluding hydrogens is 388 g/mol. The van der Waals surface area contributed by atoms with Gasteiger partial charge in [-0.15, -0.1) is 0 Å². The van der Waals surface area contributed by atoms with E-state index in [2.05, 4.69) is 11.9 Å². The molecule has 29 heavy (non-hydrogen) atoms. The highest BCUT2D eigenvalue weighted by Crippen LogP contribution is 2.43. The average Bonchev–Trinajstić information content (AvgIpc) is 2.94. The van der Waals surface area contributed by atoms with Gasteiger partial charge >= 0.3 is 5.97 Å². The summed E-state index contributed by atoms with van der Waals surface area (Å²) in [6, 6.07) is 7.03. The van der Waals surface area contributed by atoms with E-state index in [1.165, 1.54) is 11.8 Å². The van der Waals surface area contributed by atoms with Gasteiger partial charge in [0.1, 0.15) is 5.75 Å². The molecule has 0 radical (unpaired) electrons. The minimum absolute atomic E-state index is 0.0515. The average molecular weight is 417 g/mol. The van der Waals surface area contributed by atoms with Crippen LogP contribution in [0.2, 0.25) is 0 Å². The predicted molar refractivity (Wildman–Crippen MR) is 115 cm³/mol. The fraction of sp³-hybridized carbons (Fsp3) is 0.500. The Balaban J connectivity index is 1.98. The zero-order chi connectivity index (χ0) is 21.1. The number of aliphatic imine (C=N–C) groups is 1. The molecule has 7 heteroatoms. The molecule has 1 aromatic carbocycles. The molecule has 6 nitrogen and oxygen atoms in total. The smallest absolute Gasteiger partial charge is 0.338 e. The zero-order valence-electron chi connectivity index (χ0n) is 17.6. The van der Waals surface area contributed by atoms with Crippen molar-refractivity contribution in [3.05, 3.63) is 41.1 Å². The molecule has 1 aromatic rings. The van der Waals surface area contributed by atoms with E-state index in [9.17, 15) is 9.59 Å². The Morgan fingerprint density at radius 2 is 1.97 bits per heavy atom. The summed E-state index contributed by atoms with van der Waals surface area (Å²) in [6.45, 7) is 10.1. The number of carbonyl (C=O) groups is 2. The van der Waals surface area contributed by atoms with Crippen LogP contribution in [0.25, 0.3) is 0 Å². The first-order chi connectivity index (χ1) is 13.8. The predicted octanol–water partition coefficient (Wildman–Crippen LogP) is 4.47. The second-order valence-corrected chi connectivity index (χ2v) is 8.80. The lowest BCUT2D eigenvalue weighted by Gasteiger charge is -2.33. The third-order valence-electron chi connectivity index (χ3n) is 4.78. The van der Waals surface area contributed by atoms with E-state index >= 15 is 0 Å². The molecule has 2 aliphatic heterocycles. The van der Waals surface area contributed by atoms with Crippen LogP contribution >= 0.6 is 11.8 Å². The fourth-order valence-corrected chi connectivity index (χ4v) is 4.37. The summed E-state index contributed by atoms with van der Waals surface area (Å²) in [5, 5.41) is 0.399. The van der Waals surface area contributed by atoms with Gasteiger partial charge in [0.05, 0.1) is 35.3 Å². The fourth-order valence-electron chi connectivity index (χ4n) is 3.34. The van der Waals surface area contributed by atoms with Crippen LogP contribution in [0, 0.1) is 0 Å². The molecule has 2 atom stereocenters. The quantitative estimate of drug-likeness (QED) is 0.485. The Hall–Kier alpha value is -2.28. The molecule has 1 saturated heterocycles. The number of hydrogen-bond acceptors (Lipinski definition) is 6. The first-order valence-electron chi connectivity index (χ1n) is 10.1. The molecule has 2 heterocycles. The molecular formula is C22H28N2O4S. The molecule has 1 amide bonds. The van der Waals surface area contributed by atoms with Crippen LogP contribution in [0.15, 0.2) is 40.5 Å². The topological polar surface area (TPSA) is 68.2 Å². The van der Waals surface area contributed by atoms with Crippen molar-refractivity contribution in [3.63, 3.8) is 0 Å². The van der Waals surface area contributed by atoms with E-state index in [1.807, 2.05) is 45.0 Å². The summed E-state index contributed by atoms with van der Waals surface area (Å²) in [5.74, 6) is 0.282. The Kier molecular flexibility index (Phi) is 6.67. The number of allylic oxidation sites excluding steroid dienone is 1. The van der Waals surface area contributed by atoms with Crippen LogP contribution in [0.1, 0.15) is 59.1 Å². The van der Waals surface area contributed by atoms with E-state index in [-0.39, 0.29) is 17.3 Å². The lowest BCUT2D eigenvalue weighted by Crippen LogP contribution is -2.40. The van der Waals surface area contributed by atoms with Crippen molar-refractivity contribution in [1.82, 2.24) is 4.90 Å². The molecule has 0 N–H and O–H groups in total. The molecule has 2 unspecified atom stereocenters. The van der Waals surface area contributed by atoms with Crippen molar-refractivity contribution in [3.8, 4) is 5.75 Å². The van der Waals surface area contributed by atoms with Crippen LogP contribution in [0.5, 0.6) is 5.75 Å². The van der Waals surface area contributed by atoms with Gasteiger partial charge in [-0.3, -0.25) is 9.69 Å². The van der Waals surface area contributed by atoms with Crippen molar-refractivity contribution >= 4 is 28.8 Å². The second-order valence-electron chi connectivity index (χ2n) is 7.49. The summed E-state index contributed by atoms with van der Waals surface area (Å²) in [6.07, 6.45) is 1.81. The number of fused-ring (bicyclic) bond motifs is 1. The monoisotopic (exact) mass is 416 g/mol. The Labute approximate surface area is 176 Å². The van der Waals surface area contributed by atoms with Gasteiger partial charge in [-0.25, -0.2) is 9.79 Å². The van der Waals surface area contributed by atoms with Crippen molar-refractivity contribution in [1.29, 1.82) is 0 Å². The van der Waals surface area contributed by atoms with Crippen LogP contribution in [0.3, 0.4) is 0 Å². The Morgan fingerprint density at radius 3 is 2.59 bits per heavy atom. The van der Waals surface area contributed by atoms with Crippen LogP contribution in [-0.2, 0) is 14.3 Å². The second kappa shape index (κ2) is 9.03. The van der Waals surface area contributed by atoms with Gasteiger partial charge in [-0.2, -0.15) is 0 Å². The van der Waals surface area contributed by atoms with Gasteiger partial charge in [-0.1, -0.05) is 37.2 Å². The molecule has 2 aliphatic rings. The maximum Gasteiger partial charge on any atom is 0.338 e. The van der Waals surface area contributed by atoms with Crippen LogP contribution in [-0.4, -0.2) is 39.9 Å². The summed E-state index contributed by atoms with van der Waals surface area (Å²) in [7, 11) is 0. The number of ether oxygens (including phenoxy) is 2. The summed E-state index contributed by atoms with van der Waals surface area (Å²) < 4.78 is 11.2. The highest BCUT2D eigenvalue weighted by molar-refractivity contribution is 8.15. The molecule has 0 bridgehead atoms. The highest BCUT2D eigenvalue weighted by Gasteiger charge is 2.46. The maximum absolute atomic E-state index is 12.9. The van der Waals surface area contributed by atoms with Gasteiger partial charge < -0.3 is 9.47 Å². The highest BCUT2D eigenvalue weighted by atomic mass is 32.2. The first-order valence-corrected chi connectivity index (χ1v) is 10.9. The standard InChI is InChI=1S/C22H28N2O4S/c1-6-7-12-27-17-10-8-16(9-11-17)19-18(21(26)28-13(2)3)14(4)23-22-24(19)20(25)15(5)29-22/h8-11,13,15,19H,6-7,12H2,1-5H3. The van der Waals surface area contributed by atoms with Gasteiger partial charge in [0.25, 0.3) is 0 Å². The number of unbranched alkanes of at least 4 members (excludes halogenated alkanes) is 1. The number of amidine groups is 1. The summed E-state index contributed by atoms with van der Waals surface area (Å²) in [4.78, 5) is 32.0. The summed E-state index contributed by atoms with van der Waals surface area (Å²) >= 11 is 1.42. The number of carbonyl (C=O) groups excluding carboxylic acids is 2. The van der Waals surface area contributed by atoms with E-state index in [1.54, 1.807) is 11.8 Å². The minimum atomic E-state index is -0.552. The molecule has 0 aromatic heterocycles. The number of esters is 1. The molecule has 156 valence electrons. The van der Waals surface area contributed by atoms with E-state index in [0.29, 0.717) is 23.0 Å². The molecule has 0 saturated carbocycles. The molecule has 1 fully saturated rings. The van der Waals surface area contributed by atoms with Crippen molar-refractivity contribution in [2.45, 2.75) is 64.9 Å².